The maximum absolute atomic E-state index is 12.9. The zero-order chi connectivity index (χ0) is 14.3. The zero-order valence-corrected chi connectivity index (χ0v) is 12.5. The summed E-state index contributed by atoms with van der Waals surface area (Å²) in [5, 5.41) is 0. The molecule has 4 unspecified atom stereocenters. The minimum absolute atomic E-state index is 0.0376. The van der Waals surface area contributed by atoms with Gasteiger partial charge < -0.3 is 0 Å². The van der Waals surface area contributed by atoms with Crippen LogP contribution >= 0.6 is 0 Å². The molecule has 0 aliphatic heterocycles. The van der Waals surface area contributed by atoms with Crippen LogP contribution in [-0.4, -0.2) is 10.8 Å². The van der Waals surface area contributed by atoms with E-state index in [1.54, 1.807) is 6.20 Å². The van der Waals surface area contributed by atoms with Crippen molar-refractivity contribution in [3.05, 3.63) is 36.2 Å². The van der Waals surface area contributed by atoms with Crippen LogP contribution in [0.15, 0.2) is 30.5 Å². The second-order valence-electron chi connectivity index (χ2n) is 7.39. The molecule has 3 bridgehead atoms. The molecule has 3 aliphatic carbocycles. The van der Waals surface area contributed by atoms with Gasteiger partial charge in [-0.15, -0.1) is 0 Å². The molecule has 1 heterocycles. The van der Waals surface area contributed by atoms with Crippen molar-refractivity contribution in [2.75, 3.05) is 0 Å². The number of hydrogen-bond acceptors (Lipinski definition) is 2. The van der Waals surface area contributed by atoms with E-state index in [4.69, 9.17) is 0 Å². The summed E-state index contributed by atoms with van der Waals surface area (Å²) in [5.41, 5.74) is 0.844. The third kappa shape index (κ3) is 2.35. The van der Waals surface area contributed by atoms with Crippen molar-refractivity contribution < 1.29 is 4.79 Å². The molecule has 3 saturated carbocycles. The first-order chi connectivity index (χ1) is 10.3. The normalized spacial score (nSPS) is 37.8. The van der Waals surface area contributed by atoms with Crippen LogP contribution in [0.3, 0.4) is 0 Å². The van der Waals surface area contributed by atoms with E-state index in [1.165, 1.54) is 25.7 Å². The molecule has 1 aromatic rings. The minimum atomic E-state index is -0.0376. The van der Waals surface area contributed by atoms with E-state index in [0.717, 1.165) is 42.7 Å². The highest BCUT2D eigenvalue weighted by molar-refractivity contribution is 5.98. The number of pyridine rings is 1. The molecular weight excluding hydrogens is 258 g/mol. The molecular formula is C19H23NO. The van der Waals surface area contributed by atoms with Gasteiger partial charge >= 0.3 is 0 Å². The lowest BCUT2D eigenvalue weighted by Crippen LogP contribution is -2.35. The van der Waals surface area contributed by atoms with E-state index >= 15 is 0 Å². The Balaban J connectivity index is 1.57. The van der Waals surface area contributed by atoms with E-state index in [-0.39, 0.29) is 5.41 Å². The molecule has 0 spiro atoms. The van der Waals surface area contributed by atoms with Gasteiger partial charge in [0.15, 0.2) is 5.78 Å². The third-order valence-electron chi connectivity index (χ3n) is 6.12. The number of carbonyl (C=O) groups is 1. The highest BCUT2D eigenvalue weighted by Gasteiger charge is 2.52. The molecule has 3 aliphatic rings. The van der Waals surface area contributed by atoms with Crippen LogP contribution in [0, 0.1) is 23.2 Å². The first kappa shape index (κ1) is 13.2. The summed E-state index contributed by atoms with van der Waals surface area (Å²) in [6, 6.07) is 5.82. The topological polar surface area (TPSA) is 30.0 Å². The molecule has 4 atom stereocenters. The molecule has 3 fully saturated rings. The lowest BCUT2D eigenvalue weighted by atomic mass is 9.65. The molecule has 0 radical (unpaired) electrons. The summed E-state index contributed by atoms with van der Waals surface area (Å²) in [6.45, 7) is 0. The molecule has 0 N–H and O–H groups in total. The number of carbonyl (C=O) groups excluding carboxylic acids is 1. The van der Waals surface area contributed by atoms with Crippen molar-refractivity contribution in [1.82, 2.24) is 4.98 Å². The Labute approximate surface area is 126 Å². The Hall–Kier alpha value is -1.44. The molecule has 0 aromatic carbocycles. The van der Waals surface area contributed by atoms with Gasteiger partial charge in [-0.1, -0.05) is 18.9 Å². The lowest BCUT2D eigenvalue weighted by molar-refractivity contribution is -0.127. The Morgan fingerprint density at radius 3 is 3.00 bits per heavy atom. The van der Waals surface area contributed by atoms with Crippen molar-refractivity contribution in [2.45, 2.75) is 44.9 Å². The van der Waals surface area contributed by atoms with E-state index < -0.39 is 0 Å². The second-order valence-corrected chi connectivity index (χ2v) is 7.39. The smallest absolute Gasteiger partial charge is 0.161 e. The fourth-order valence-corrected chi connectivity index (χ4v) is 5.29. The van der Waals surface area contributed by atoms with Crippen molar-refractivity contribution in [3.63, 3.8) is 0 Å². The van der Waals surface area contributed by atoms with Gasteiger partial charge in [-0.25, -0.2) is 0 Å². The van der Waals surface area contributed by atoms with E-state index in [9.17, 15) is 4.79 Å². The molecule has 1 aromatic heterocycles. The largest absolute Gasteiger partial charge is 0.294 e. The molecule has 110 valence electrons. The number of hydrogen-bond donors (Lipinski definition) is 0. The summed E-state index contributed by atoms with van der Waals surface area (Å²) in [4.78, 5) is 17.2. The molecule has 4 rings (SSSR count). The number of rotatable bonds is 3. The van der Waals surface area contributed by atoms with Gasteiger partial charge in [-0.05, 0) is 74.1 Å². The Morgan fingerprint density at radius 1 is 1.24 bits per heavy atom. The van der Waals surface area contributed by atoms with Crippen LogP contribution in [-0.2, 0) is 4.79 Å². The van der Waals surface area contributed by atoms with E-state index in [1.807, 2.05) is 30.4 Å². The number of aromatic nitrogens is 1. The standard InChI is InChI=1S/C19H23NO/c21-18(7-6-17-5-1-2-9-20-17)19-8-3-4-15-10-14(12-19)11-16(15)13-19/h1-2,5-7,9,14-16H,3-4,8,10-13H2/b7-6+. The highest BCUT2D eigenvalue weighted by atomic mass is 16.1. The van der Waals surface area contributed by atoms with Crippen LogP contribution in [0.5, 0.6) is 0 Å². The molecule has 2 heteroatoms. The lowest BCUT2D eigenvalue weighted by Gasteiger charge is -2.38. The number of allylic oxidation sites excluding steroid dienone is 1. The number of ketones is 1. The van der Waals surface area contributed by atoms with Gasteiger partial charge in [0, 0.05) is 11.6 Å². The molecule has 0 amide bonds. The SMILES string of the molecule is O=C(/C=C/c1ccccn1)C12CCCC3CC(CC3C1)C2. The summed E-state index contributed by atoms with van der Waals surface area (Å²) >= 11 is 0. The maximum atomic E-state index is 12.9. The monoisotopic (exact) mass is 281 g/mol. The fraction of sp³-hybridized carbons (Fsp3) is 0.579. The highest BCUT2D eigenvalue weighted by Crippen LogP contribution is 2.59. The second kappa shape index (κ2) is 5.08. The predicted octanol–water partition coefficient (Wildman–Crippen LogP) is 4.27. The van der Waals surface area contributed by atoms with Gasteiger partial charge in [0.2, 0.25) is 0 Å². The summed E-state index contributed by atoms with van der Waals surface area (Å²) < 4.78 is 0. The molecule has 0 saturated heterocycles. The van der Waals surface area contributed by atoms with Gasteiger partial charge in [0.05, 0.1) is 5.69 Å². The quantitative estimate of drug-likeness (QED) is 0.774. The first-order valence-electron chi connectivity index (χ1n) is 8.39. The average molecular weight is 281 g/mol. The maximum Gasteiger partial charge on any atom is 0.161 e. The van der Waals surface area contributed by atoms with Gasteiger partial charge in [0.1, 0.15) is 0 Å². The molecule has 21 heavy (non-hydrogen) atoms. The van der Waals surface area contributed by atoms with Gasteiger partial charge in [-0.2, -0.15) is 0 Å². The van der Waals surface area contributed by atoms with Crippen molar-refractivity contribution in [1.29, 1.82) is 0 Å². The summed E-state index contributed by atoms with van der Waals surface area (Å²) in [5.74, 6) is 2.94. The van der Waals surface area contributed by atoms with E-state index in [2.05, 4.69) is 4.98 Å². The first-order valence-corrected chi connectivity index (χ1v) is 8.39. The Kier molecular flexibility index (Phi) is 3.20. The van der Waals surface area contributed by atoms with Crippen molar-refractivity contribution >= 4 is 11.9 Å². The van der Waals surface area contributed by atoms with Crippen LogP contribution in [0.4, 0.5) is 0 Å². The van der Waals surface area contributed by atoms with Crippen molar-refractivity contribution in [2.24, 2.45) is 23.2 Å². The summed E-state index contributed by atoms with van der Waals surface area (Å²) in [6.07, 6.45) is 14.3. The molecule has 2 nitrogen and oxygen atoms in total. The van der Waals surface area contributed by atoms with Crippen LogP contribution in [0.25, 0.3) is 6.08 Å². The van der Waals surface area contributed by atoms with Crippen LogP contribution in [0.2, 0.25) is 0 Å². The Morgan fingerprint density at radius 2 is 2.14 bits per heavy atom. The Bertz CT molecular complexity index is 564. The number of nitrogens with zero attached hydrogens (tertiary/aromatic N) is 1. The average Bonchev–Trinajstić information content (AvgIpc) is 2.72. The van der Waals surface area contributed by atoms with E-state index in [0.29, 0.717) is 5.78 Å². The van der Waals surface area contributed by atoms with Crippen LogP contribution in [0.1, 0.15) is 50.6 Å². The van der Waals surface area contributed by atoms with Crippen LogP contribution < -0.4 is 0 Å². The summed E-state index contributed by atoms with van der Waals surface area (Å²) in [7, 11) is 0. The van der Waals surface area contributed by atoms with Gasteiger partial charge in [-0.3, -0.25) is 9.78 Å². The van der Waals surface area contributed by atoms with Gasteiger partial charge in [0.25, 0.3) is 0 Å². The minimum Gasteiger partial charge on any atom is -0.294 e. The van der Waals surface area contributed by atoms with Crippen molar-refractivity contribution in [3.8, 4) is 0 Å². The fourth-order valence-electron chi connectivity index (χ4n) is 5.29. The predicted molar refractivity (Wildman–Crippen MR) is 83.5 cm³/mol. The zero-order valence-electron chi connectivity index (χ0n) is 12.5. The number of fused-ring (bicyclic) bond motifs is 2. The third-order valence-corrected chi connectivity index (χ3v) is 6.12.